The van der Waals surface area contributed by atoms with Crippen LogP contribution in [0.2, 0.25) is 0 Å². The first-order valence-electron chi connectivity index (χ1n) is 5.62. The van der Waals surface area contributed by atoms with E-state index in [1.165, 1.54) is 4.88 Å². The van der Waals surface area contributed by atoms with Crippen molar-refractivity contribution < 1.29 is 0 Å². The van der Waals surface area contributed by atoms with Gasteiger partial charge in [-0.05, 0) is 22.0 Å². The molecule has 3 rings (SSSR count). The van der Waals surface area contributed by atoms with Gasteiger partial charge < -0.3 is 15.6 Å². The van der Waals surface area contributed by atoms with Crippen molar-refractivity contribution in [1.29, 1.82) is 0 Å². The maximum absolute atomic E-state index is 4.40. The largest absolute Gasteiger partial charge is 0.363 e. The summed E-state index contributed by atoms with van der Waals surface area (Å²) in [5, 5.41) is 8.29. The van der Waals surface area contributed by atoms with E-state index >= 15 is 0 Å². The summed E-state index contributed by atoms with van der Waals surface area (Å²) in [5.74, 6) is 1.30. The van der Waals surface area contributed by atoms with E-state index in [1.54, 1.807) is 24.7 Å². The highest BCUT2D eigenvalue weighted by Gasteiger charge is 2.09. The van der Waals surface area contributed by atoms with E-state index in [9.17, 15) is 0 Å². The van der Waals surface area contributed by atoms with Gasteiger partial charge in [-0.2, -0.15) is 9.97 Å². The van der Waals surface area contributed by atoms with Gasteiger partial charge in [0.2, 0.25) is 5.95 Å². The number of fused-ring (bicyclic) bond motifs is 1. The van der Waals surface area contributed by atoms with Gasteiger partial charge in [-0.25, -0.2) is 4.98 Å². The van der Waals surface area contributed by atoms with Crippen LogP contribution in [-0.4, -0.2) is 27.0 Å². The normalized spacial score (nSPS) is 10.8. The Morgan fingerprint density at radius 2 is 2.32 bits per heavy atom. The predicted molar refractivity (Wildman–Crippen MR) is 80.6 cm³/mol. The average Bonchev–Trinajstić information content (AvgIpc) is 3.04. The molecule has 0 spiro atoms. The quantitative estimate of drug-likeness (QED) is 0.681. The Hall–Kier alpha value is -1.67. The number of aromatic amines is 1. The van der Waals surface area contributed by atoms with E-state index in [-0.39, 0.29) is 0 Å². The van der Waals surface area contributed by atoms with Gasteiger partial charge in [-0.3, -0.25) is 0 Å². The maximum Gasteiger partial charge on any atom is 0.226 e. The smallest absolute Gasteiger partial charge is 0.226 e. The van der Waals surface area contributed by atoms with Gasteiger partial charge in [0.05, 0.1) is 12.9 Å². The second-order valence-electron chi connectivity index (χ2n) is 3.83. The van der Waals surface area contributed by atoms with Crippen LogP contribution in [-0.2, 0) is 6.54 Å². The fourth-order valence-electron chi connectivity index (χ4n) is 1.69. The van der Waals surface area contributed by atoms with E-state index in [2.05, 4.69) is 57.9 Å². The summed E-state index contributed by atoms with van der Waals surface area (Å²) >= 11 is 5.14. The van der Waals surface area contributed by atoms with Crippen LogP contribution < -0.4 is 10.6 Å². The van der Waals surface area contributed by atoms with E-state index in [0.717, 1.165) is 15.8 Å². The van der Waals surface area contributed by atoms with Crippen molar-refractivity contribution in [1.82, 2.24) is 19.9 Å². The van der Waals surface area contributed by atoms with Crippen molar-refractivity contribution in [3.63, 3.8) is 0 Å². The molecule has 0 aliphatic carbocycles. The highest BCUT2D eigenvalue weighted by Crippen LogP contribution is 2.23. The molecule has 3 aromatic heterocycles. The third kappa shape index (κ3) is 2.54. The minimum Gasteiger partial charge on any atom is -0.363 e. The molecule has 0 aliphatic rings. The van der Waals surface area contributed by atoms with Crippen molar-refractivity contribution in [2.24, 2.45) is 0 Å². The maximum atomic E-state index is 4.40. The molecule has 3 aromatic rings. The van der Waals surface area contributed by atoms with Crippen LogP contribution in [0.1, 0.15) is 4.88 Å². The minimum atomic E-state index is 0.550. The Bertz CT molecular complexity index is 706. The van der Waals surface area contributed by atoms with Crippen LogP contribution in [0, 0.1) is 0 Å². The molecule has 0 bridgehead atoms. The summed E-state index contributed by atoms with van der Waals surface area (Å²) in [4.78, 5) is 17.1. The fraction of sp³-hybridized carbons (Fsp3) is 0.182. The molecule has 0 aromatic carbocycles. The molecule has 19 heavy (non-hydrogen) atoms. The molecule has 0 saturated carbocycles. The number of nitrogens with one attached hydrogen (secondary N) is 3. The predicted octanol–water partition coefficient (Wildman–Crippen LogP) is 2.83. The molecule has 0 saturated heterocycles. The Morgan fingerprint density at radius 3 is 3.05 bits per heavy atom. The molecule has 6 nitrogen and oxygen atoms in total. The number of hydrogen-bond acceptors (Lipinski definition) is 6. The Kier molecular flexibility index (Phi) is 3.34. The highest BCUT2D eigenvalue weighted by molar-refractivity contribution is 9.10. The van der Waals surface area contributed by atoms with Gasteiger partial charge in [0.15, 0.2) is 11.5 Å². The molecule has 98 valence electrons. The first-order valence-corrected chi connectivity index (χ1v) is 7.29. The molecular formula is C11H11BrN6S. The van der Waals surface area contributed by atoms with Crippen LogP contribution in [0.3, 0.4) is 0 Å². The van der Waals surface area contributed by atoms with Crippen LogP contribution in [0.25, 0.3) is 11.2 Å². The first kappa shape index (κ1) is 12.4. The molecule has 0 atom stereocenters. The Morgan fingerprint density at radius 1 is 1.42 bits per heavy atom. The van der Waals surface area contributed by atoms with E-state index in [1.807, 2.05) is 0 Å². The number of nitrogens with zero attached hydrogens (tertiary/aromatic N) is 3. The number of anilines is 2. The summed E-state index contributed by atoms with van der Waals surface area (Å²) in [6.45, 7) is 0.713. The number of halogens is 1. The van der Waals surface area contributed by atoms with Gasteiger partial charge in [0.25, 0.3) is 0 Å². The zero-order valence-corrected chi connectivity index (χ0v) is 12.5. The Labute approximate surface area is 121 Å². The molecule has 0 aliphatic heterocycles. The SMILES string of the molecule is CNc1nc(NCc2cc(Br)cs2)c2[nH]cnc2n1. The highest BCUT2D eigenvalue weighted by atomic mass is 79.9. The first-order chi connectivity index (χ1) is 9.26. The third-order valence-corrected chi connectivity index (χ3v) is 4.26. The standard InChI is InChI=1S/C11H11BrN6S/c1-13-11-17-9(8-10(18-11)16-5-15-8)14-3-7-2-6(12)4-19-7/h2,4-5H,3H2,1H3,(H3,13,14,15,16,17,18). The summed E-state index contributed by atoms with van der Waals surface area (Å²) in [5.41, 5.74) is 1.46. The second kappa shape index (κ2) is 5.14. The zero-order chi connectivity index (χ0) is 13.2. The number of aromatic nitrogens is 4. The average molecular weight is 339 g/mol. The number of thiophene rings is 1. The molecule has 3 N–H and O–H groups in total. The second-order valence-corrected chi connectivity index (χ2v) is 5.74. The zero-order valence-electron chi connectivity index (χ0n) is 10.1. The Balaban J connectivity index is 1.88. The van der Waals surface area contributed by atoms with E-state index in [0.29, 0.717) is 18.1 Å². The van der Waals surface area contributed by atoms with Crippen molar-refractivity contribution in [3.05, 3.63) is 27.1 Å². The minimum absolute atomic E-state index is 0.550. The van der Waals surface area contributed by atoms with Gasteiger partial charge in [-0.15, -0.1) is 11.3 Å². The summed E-state index contributed by atoms with van der Waals surface area (Å²) in [7, 11) is 1.79. The third-order valence-electron chi connectivity index (χ3n) is 2.56. The lowest BCUT2D eigenvalue weighted by Gasteiger charge is -2.06. The lowest BCUT2D eigenvalue weighted by molar-refractivity contribution is 1.11. The molecule has 8 heteroatoms. The van der Waals surface area contributed by atoms with Gasteiger partial charge in [0, 0.05) is 21.8 Å². The van der Waals surface area contributed by atoms with Gasteiger partial charge >= 0.3 is 0 Å². The number of rotatable bonds is 4. The van der Waals surface area contributed by atoms with Crippen molar-refractivity contribution in [3.8, 4) is 0 Å². The summed E-state index contributed by atoms with van der Waals surface area (Å²) < 4.78 is 1.10. The van der Waals surface area contributed by atoms with Crippen molar-refractivity contribution in [2.45, 2.75) is 6.54 Å². The molecule has 3 heterocycles. The summed E-state index contributed by atoms with van der Waals surface area (Å²) in [6.07, 6.45) is 1.62. The lowest BCUT2D eigenvalue weighted by atomic mass is 10.4. The van der Waals surface area contributed by atoms with Crippen LogP contribution in [0.5, 0.6) is 0 Å². The van der Waals surface area contributed by atoms with E-state index < -0.39 is 0 Å². The molecule has 0 unspecified atom stereocenters. The van der Waals surface area contributed by atoms with Gasteiger partial charge in [0.1, 0.15) is 5.52 Å². The van der Waals surface area contributed by atoms with Crippen molar-refractivity contribution >= 4 is 50.2 Å². The lowest BCUT2D eigenvalue weighted by Crippen LogP contribution is -2.04. The molecular weight excluding hydrogens is 328 g/mol. The monoisotopic (exact) mass is 338 g/mol. The summed E-state index contributed by atoms with van der Waals surface area (Å²) in [6, 6.07) is 2.09. The number of hydrogen-bond donors (Lipinski definition) is 3. The topological polar surface area (TPSA) is 78.5 Å². The number of imidazole rings is 1. The van der Waals surface area contributed by atoms with Crippen LogP contribution in [0.4, 0.5) is 11.8 Å². The molecule has 0 fully saturated rings. The van der Waals surface area contributed by atoms with E-state index in [4.69, 9.17) is 0 Å². The molecule has 0 amide bonds. The van der Waals surface area contributed by atoms with Crippen LogP contribution >= 0.6 is 27.3 Å². The molecule has 0 radical (unpaired) electrons. The van der Waals surface area contributed by atoms with Crippen LogP contribution in [0.15, 0.2) is 22.2 Å². The fourth-order valence-corrected chi connectivity index (χ4v) is 3.08. The van der Waals surface area contributed by atoms with Crippen molar-refractivity contribution in [2.75, 3.05) is 17.7 Å². The van der Waals surface area contributed by atoms with Gasteiger partial charge in [-0.1, -0.05) is 0 Å². The number of H-pyrrole nitrogens is 1.